The topological polar surface area (TPSA) is 26.3 Å². The van der Waals surface area contributed by atoms with Crippen molar-refractivity contribution in [2.24, 2.45) is 0 Å². The van der Waals surface area contributed by atoms with Gasteiger partial charge in [-0.05, 0) is 13.3 Å². The molecular formula is C12H23BrO2Zn. The molecule has 0 aliphatic carbocycles. The fourth-order valence-electron chi connectivity index (χ4n) is 1.39. The van der Waals surface area contributed by atoms with Gasteiger partial charge in [-0.3, -0.25) is 4.79 Å². The molecule has 4 heteroatoms. The van der Waals surface area contributed by atoms with Gasteiger partial charge in [-0.2, -0.15) is 6.42 Å². The summed E-state index contributed by atoms with van der Waals surface area (Å²) in [6.07, 6.45) is 8.78. The van der Waals surface area contributed by atoms with Crippen LogP contribution >= 0.6 is 13.6 Å². The average Bonchev–Trinajstić information content (AvgIpc) is 2.31. The molecule has 0 spiro atoms. The van der Waals surface area contributed by atoms with E-state index in [0.717, 1.165) is 19.3 Å². The molecule has 16 heavy (non-hydrogen) atoms. The van der Waals surface area contributed by atoms with E-state index in [-0.39, 0.29) is 5.97 Å². The molecule has 92 valence electrons. The number of unbranched alkanes of at least 4 members (excludes halogenated alkanes) is 6. The van der Waals surface area contributed by atoms with Crippen molar-refractivity contribution in [2.45, 2.75) is 58.3 Å². The summed E-state index contributed by atoms with van der Waals surface area (Å²) in [5, 5.41) is 0. The predicted molar refractivity (Wildman–Crippen MR) is 67.9 cm³/mol. The maximum atomic E-state index is 10.9. The van der Waals surface area contributed by atoms with E-state index in [1.807, 2.05) is 6.92 Å². The second-order valence-electron chi connectivity index (χ2n) is 3.53. The van der Waals surface area contributed by atoms with Crippen LogP contribution in [-0.2, 0) is 25.9 Å². The molecule has 0 radical (unpaired) electrons. The molecule has 2 nitrogen and oxygen atoms in total. The fraction of sp³-hybridized carbons (Fsp3) is 0.833. The number of rotatable bonds is 9. The Morgan fingerprint density at radius 1 is 1.12 bits per heavy atom. The van der Waals surface area contributed by atoms with Crippen molar-refractivity contribution < 1.29 is 25.9 Å². The minimum atomic E-state index is -0.0507. The summed E-state index contributed by atoms with van der Waals surface area (Å²) < 4.78 is 4.84. The Kier molecular flexibility index (Phi) is 21.2. The van der Waals surface area contributed by atoms with Crippen LogP contribution in [0.5, 0.6) is 0 Å². The van der Waals surface area contributed by atoms with Gasteiger partial charge in [0.1, 0.15) is 0 Å². The summed E-state index contributed by atoms with van der Waals surface area (Å²) in [5.41, 5.74) is 0. The molecule has 0 N–H and O–H groups in total. The van der Waals surface area contributed by atoms with Gasteiger partial charge in [0.2, 0.25) is 0 Å². The van der Waals surface area contributed by atoms with Crippen molar-refractivity contribution in [1.82, 2.24) is 0 Å². The van der Waals surface area contributed by atoms with Gasteiger partial charge in [0.25, 0.3) is 0 Å². The Morgan fingerprint density at radius 3 is 2.12 bits per heavy atom. The third-order valence-electron chi connectivity index (χ3n) is 2.19. The zero-order valence-electron chi connectivity index (χ0n) is 10.5. The van der Waals surface area contributed by atoms with Crippen LogP contribution in [0.4, 0.5) is 0 Å². The molecule has 0 fully saturated rings. The van der Waals surface area contributed by atoms with Gasteiger partial charge in [0.05, 0.1) is 6.61 Å². The summed E-state index contributed by atoms with van der Waals surface area (Å²) in [4.78, 5) is 10.9. The zero-order chi connectivity index (χ0) is 12.6. The third kappa shape index (κ3) is 17.0. The molecule has 0 aromatic heterocycles. The second kappa shape index (κ2) is 18.0. The van der Waals surface area contributed by atoms with Crippen molar-refractivity contribution in [3.8, 4) is 0 Å². The first-order valence-corrected chi connectivity index (χ1v) is 13.0. The predicted octanol–water partition coefficient (Wildman–Crippen LogP) is 4.35. The molecule has 0 saturated carbocycles. The molecule has 0 aromatic carbocycles. The summed E-state index contributed by atoms with van der Waals surface area (Å²) in [6, 6.07) is 0. The van der Waals surface area contributed by atoms with Crippen LogP contribution in [0.1, 0.15) is 58.3 Å². The number of halogens is 1. The van der Waals surface area contributed by atoms with Crippen LogP contribution in [-0.4, -0.2) is 12.6 Å². The molecule has 0 heterocycles. The van der Waals surface area contributed by atoms with E-state index in [4.69, 9.17) is 4.74 Å². The van der Waals surface area contributed by atoms with Crippen LogP contribution in [0.2, 0.25) is 0 Å². The summed E-state index contributed by atoms with van der Waals surface area (Å²) in [6.45, 7) is 6.15. The molecule has 0 aliphatic rings. The molecule has 0 aliphatic heterocycles. The van der Waals surface area contributed by atoms with E-state index < -0.39 is 0 Å². The Morgan fingerprint density at radius 2 is 1.62 bits per heavy atom. The van der Waals surface area contributed by atoms with Gasteiger partial charge < -0.3 is 11.7 Å². The number of hydrogen-bond donors (Lipinski definition) is 0. The van der Waals surface area contributed by atoms with Crippen molar-refractivity contribution in [1.29, 1.82) is 0 Å². The maximum absolute atomic E-state index is 10.9. The van der Waals surface area contributed by atoms with Gasteiger partial charge in [0, 0.05) is 6.42 Å². The Hall–Kier alpha value is 0.573. The molecular weight excluding hydrogens is 321 g/mol. The first kappa shape index (κ1) is 18.9. The van der Waals surface area contributed by atoms with E-state index in [1.165, 1.54) is 42.0 Å². The quantitative estimate of drug-likeness (QED) is 0.269. The summed E-state index contributed by atoms with van der Waals surface area (Å²) in [7, 11) is 0. The normalized spacial score (nSPS) is 9.31. The Labute approximate surface area is 117 Å². The molecule has 0 unspecified atom stereocenters. The number of carbonyl (C=O) groups is 1. The van der Waals surface area contributed by atoms with E-state index in [2.05, 4.69) is 20.5 Å². The van der Waals surface area contributed by atoms with Crippen LogP contribution in [0, 0.1) is 6.92 Å². The first-order chi connectivity index (χ1) is 7.81. The Bertz CT molecular complexity index is 143. The van der Waals surface area contributed by atoms with Crippen LogP contribution in [0.25, 0.3) is 0 Å². The molecule has 0 bridgehead atoms. The van der Waals surface area contributed by atoms with Crippen molar-refractivity contribution >= 4 is 19.6 Å². The number of carbonyl (C=O) groups excluding carboxylic acids is 1. The number of esters is 1. The van der Waals surface area contributed by atoms with Crippen LogP contribution in [0.3, 0.4) is 0 Å². The van der Waals surface area contributed by atoms with Gasteiger partial charge >= 0.3 is 35.9 Å². The van der Waals surface area contributed by atoms with Gasteiger partial charge in [-0.1, -0.05) is 32.1 Å². The average molecular weight is 345 g/mol. The zero-order valence-corrected chi connectivity index (χ0v) is 15.0. The van der Waals surface area contributed by atoms with Gasteiger partial charge in [-0.15, -0.1) is 0 Å². The Balaban J connectivity index is 0. The molecule has 0 rings (SSSR count). The number of hydrogen-bond acceptors (Lipinski definition) is 2. The minimum absolute atomic E-state index is 0.0507. The van der Waals surface area contributed by atoms with Crippen molar-refractivity contribution in [3.05, 3.63) is 6.92 Å². The third-order valence-corrected chi connectivity index (χ3v) is 2.19. The SMILES string of the molecule is [CH2-]CCCCCCCCC(=O)OCC.[Zn+][Br]. The van der Waals surface area contributed by atoms with Crippen molar-refractivity contribution in [2.75, 3.05) is 6.61 Å². The molecule has 0 atom stereocenters. The molecule has 0 aromatic rings. The van der Waals surface area contributed by atoms with E-state index >= 15 is 0 Å². The van der Waals surface area contributed by atoms with Crippen molar-refractivity contribution in [3.63, 3.8) is 0 Å². The number of ether oxygens (including phenoxy) is 1. The molecule has 0 saturated heterocycles. The first-order valence-electron chi connectivity index (χ1n) is 6.02. The van der Waals surface area contributed by atoms with Crippen LogP contribution < -0.4 is 0 Å². The summed E-state index contributed by atoms with van der Waals surface area (Å²) >= 11 is 4.25. The molecule has 0 amide bonds. The summed E-state index contributed by atoms with van der Waals surface area (Å²) in [5.74, 6) is -0.0507. The van der Waals surface area contributed by atoms with E-state index in [1.54, 1.807) is 0 Å². The second-order valence-corrected chi connectivity index (χ2v) is 3.53. The van der Waals surface area contributed by atoms with E-state index in [9.17, 15) is 4.79 Å². The monoisotopic (exact) mass is 342 g/mol. The van der Waals surface area contributed by atoms with Gasteiger partial charge in [-0.25, -0.2) is 0 Å². The van der Waals surface area contributed by atoms with Gasteiger partial charge in [0.15, 0.2) is 0 Å². The van der Waals surface area contributed by atoms with E-state index in [0.29, 0.717) is 13.0 Å². The fourth-order valence-corrected chi connectivity index (χ4v) is 1.39. The standard InChI is InChI=1S/C12H23O2.BrH.Zn/c1-3-5-6-7-8-9-10-11-12(13)14-4-2;;/h1,3-11H2,2H3;1H;/q-1;;+2/p-1. The van der Waals surface area contributed by atoms with Crippen LogP contribution in [0.15, 0.2) is 0 Å².